The summed E-state index contributed by atoms with van der Waals surface area (Å²) in [4.78, 5) is 6.71. The van der Waals surface area contributed by atoms with E-state index < -0.39 is 0 Å². The molecule has 0 unspecified atom stereocenters. The first-order valence-electron chi connectivity index (χ1n) is 5.04. The van der Waals surface area contributed by atoms with Crippen molar-refractivity contribution in [1.29, 1.82) is 0 Å². The predicted octanol–water partition coefficient (Wildman–Crippen LogP) is 2.64. The van der Waals surface area contributed by atoms with E-state index in [9.17, 15) is 5.11 Å². The van der Waals surface area contributed by atoms with E-state index >= 15 is 0 Å². The number of hydrogen-bond acceptors (Lipinski definition) is 3. The number of phenolic OH excluding ortho intramolecular Hbond substituents is 1. The molecule has 1 aromatic carbocycles. The Kier molecular flexibility index (Phi) is 2.83. The van der Waals surface area contributed by atoms with Crippen molar-refractivity contribution in [3.05, 3.63) is 39.6 Å². The molecule has 0 aliphatic carbocycles. The molecule has 0 fully saturated rings. The van der Waals surface area contributed by atoms with Crippen molar-refractivity contribution in [2.24, 2.45) is 12.0 Å². The highest BCUT2D eigenvalue weighted by Crippen LogP contribution is 2.18. The van der Waals surface area contributed by atoms with Gasteiger partial charge in [-0.15, -0.1) is 11.3 Å². The maximum absolute atomic E-state index is 9.36. The number of aryl methyl sites for hydroxylation is 1. The molecule has 0 aliphatic rings. The molecule has 2 aromatic rings. The fourth-order valence-electron chi connectivity index (χ4n) is 1.43. The number of rotatable bonds is 1. The van der Waals surface area contributed by atoms with E-state index in [2.05, 4.69) is 23.4 Å². The molecule has 0 saturated carbocycles. The number of nitrogens with zero attached hydrogens (tertiary/aromatic N) is 2. The summed E-state index contributed by atoms with van der Waals surface area (Å²) < 4.78 is 2.06. The SMILES string of the molecule is Cc1sc(=Nc2cccc(O)c2)n(C)c1C. The van der Waals surface area contributed by atoms with Crippen molar-refractivity contribution in [1.82, 2.24) is 4.57 Å². The number of phenols is 1. The topological polar surface area (TPSA) is 37.5 Å². The normalized spacial score (nSPS) is 12.1. The van der Waals surface area contributed by atoms with Gasteiger partial charge in [-0.25, -0.2) is 4.99 Å². The minimum Gasteiger partial charge on any atom is -0.508 e. The average Bonchev–Trinajstić information content (AvgIpc) is 2.47. The first-order chi connectivity index (χ1) is 7.58. The Hall–Kier alpha value is -1.55. The predicted molar refractivity (Wildman–Crippen MR) is 66.1 cm³/mol. The second-order valence-corrected chi connectivity index (χ2v) is 4.90. The Morgan fingerprint density at radius 3 is 2.62 bits per heavy atom. The van der Waals surface area contributed by atoms with Gasteiger partial charge in [0.15, 0.2) is 4.80 Å². The Morgan fingerprint density at radius 2 is 2.06 bits per heavy atom. The quantitative estimate of drug-likeness (QED) is 0.809. The first kappa shape index (κ1) is 11.0. The van der Waals surface area contributed by atoms with Crippen LogP contribution < -0.4 is 4.80 Å². The smallest absolute Gasteiger partial charge is 0.190 e. The van der Waals surface area contributed by atoms with Crippen molar-refractivity contribution in [3.8, 4) is 5.75 Å². The zero-order valence-corrected chi connectivity index (χ0v) is 10.4. The molecule has 16 heavy (non-hydrogen) atoms. The summed E-state index contributed by atoms with van der Waals surface area (Å²) >= 11 is 1.66. The lowest BCUT2D eigenvalue weighted by Gasteiger charge is -1.96. The zero-order chi connectivity index (χ0) is 11.7. The van der Waals surface area contributed by atoms with E-state index in [4.69, 9.17) is 0 Å². The molecule has 0 spiro atoms. The van der Waals surface area contributed by atoms with Gasteiger partial charge in [-0.1, -0.05) is 6.07 Å². The summed E-state index contributed by atoms with van der Waals surface area (Å²) in [5.41, 5.74) is 2.00. The van der Waals surface area contributed by atoms with Crippen molar-refractivity contribution in [3.63, 3.8) is 0 Å². The van der Waals surface area contributed by atoms with E-state index in [0.717, 1.165) is 10.5 Å². The van der Waals surface area contributed by atoms with Gasteiger partial charge in [0.05, 0.1) is 5.69 Å². The van der Waals surface area contributed by atoms with Crippen LogP contribution in [-0.4, -0.2) is 9.67 Å². The van der Waals surface area contributed by atoms with Crippen LogP contribution in [0.25, 0.3) is 0 Å². The van der Waals surface area contributed by atoms with Gasteiger partial charge in [0.2, 0.25) is 0 Å². The maximum atomic E-state index is 9.36. The zero-order valence-electron chi connectivity index (χ0n) is 9.56. The van der Waals surface area contributed by atoms with Crippen LogP contribution >= 0.6 is 11.3 Å². The van der Waals surface area contributed by atoms with Gasteiger partial charge < -0.3 is 9.67 Å². The van der Waals surface area contributed by atoms with Crippen LogP contribution in [0.4, 0.5) is 5.69 Å². The Bertz CT molecular complexity index is 581. The number of aromatic hydroxyl groups is 1. The van der Waals surface area contributed by atoms with Crippen molar-refractivity contribution in [2.75, 3.05) is 0 Å². The number of benzene rings is 1. The van der Waals surface area contributed by atoms with Gasteiger partial charge in [0.25, 0.3) is 0 Å². The number of thiazole rings is 1. The van der Waals surface area contributed by atoms with Gasteiger partial charge in [0, 0.05) is 23.7 Å². The summed E-state index contributed by atoms with van der Waals surface area (Å²) in [5.74, 6) is 0.244. The highest BCUT2D eigenvalue weighted by molar-refractivity contribution is 7.09. The summed E-state index contributed by atoms with van der Waals surface area (Å²) in [6.45, 7) is 4.16. The van der Waals surface area contributed by atoms with Gasteiger partial charge in [-0.2, -0.15) is 0 Å². The fraction of sp³-hybridized carbons (Fsp3) is 0.250. The lowest BCUT2D eigenvalue weighted by atomic mass is 10.3. The molecule has 0 radical (unpaired) electrons. The van der Waals surface area contributed by atoms with Crippen LogP contribution in [0.1, 0.15) is 10.6 Å². The van der Waals surface area contributed by atoms with Crippen molar-refractivity contribution < 1.29 is 5.11 Å². The van der Waals surface area contributed by atoms with E-state index in [1.165, 1.54) is 10.6 Å². The molecular weight excluding hydrogens is 220 g/mol. The molecule has 84 valence electrons. The lowest BCUT2D eigenvalue weighted by Crippen LogP contribution is -2.10. The molecule has 1 heterocycles. The molecule has 2 rings (SSSR count). The standard InChI is InChI=1S/C12H14N2OS/c1-8-9(2)16-12(14(8)3)13-10-5-4-6-11(15)7-10/h4-7,15H,1-3H3. The fourth-order valence-corrected chi connectivity index (χ4v) is 2.41. The van der Waals surface area contributed by atoms with Crippen LogP contribution in [0.2, 0.25) is 0 Å². The van der Waals surface area contributed by atoms with Crippen LogP contribution in [0.15, 0.2) is 29.3 Å². The van der Waals surface area contributed by atoms with Crippen LogP contribution in [-0.2, 0) is 7.05 Å². The van der Waals surface area contributed by atoms with Crippen molar-refractivity contribution >= 4 is 17.0 Å². The van der Waals surface area contributed by atoms with E-state index in [1.54, 1.807) is 29.5 Å². The Balaban J connectivity index is 2.55. The first-order valence-corrected chi connectivity index (χ1v) is 5.86. The molecule has 0 saturated heterocycles. The summed E-state index contributed by atoms with van der Waals surface area (Å²) in [6.07, 6.45) is 0. The minimum absolute atomic E-state index is 0.244. The molecule has 1 N–H and O–H groups in total. The Labute approximate surface area is 98.3 Å². The third-order valence-electron chi connectivity index (χ3n) is 2.60. The summed E-state index contributed by atoms with van der Waals surface area (Å²) in [7, 11) is 2.00. The molecule has 3 nitrogen and oxygen atoms in total. The average molecular weight is 234 g/mol. The second kappa shape index (κ2) is 4.14. The number of aromatic nitrogens is 1. The lowest BCUT2D eigenvalue weighted by molar-refractivity contribution is 0.475. The molecule has 4 heteroatoms. The van der Waals surface area contributed by atoms with Crippen LogP contribution in [0.5, 0.6) is 5.75 Å². The van der Waals surface area contributed by atoms with Crippen LogP contribution in [0.3, 0.4) is 0 Å². The minimum atomic E-state index is 0.244. The summed E-state index contributed by atoms with van der Waals surface area (Å²) in [5, 5.41) is 9.36. The van der Waals surface area contributed by atoms with Crippen LogP contribution in [0, 0.1) is 13.8 Å². The molecule has 0 bridgehead atoms. The van der Waals surface area contributed by atoms with E-state index in [-0.39, 0.29) is 5.75 Å². The second-order valence-electron chi connectivity index (χ2n) is 3.72. The number of hydrogen-bond donors (Lipinski definition) is 1. The molecule has 0 amide bonds. The third-order valence-corrected chi connectivity index (χ3v) is 3.75. The highest BCUT2D eigenvalue weighted by Gasteiger charge is 2.01. The molecule has 0 atom stereocenters. The highest BCUT2D eigenvalue weighted by atomic mass is 32.1. The van der Waals surface area contributed by atoms with Crippen molar-refractivity contribution in [2.45, 2.75) is 13.8 Å². The Morgan fingerprint density at radius 1 is 1.31 bits per heavy atom. The van der Waals surface area contributed by atoms with E-state index in [0.29, 0.717) is 0 Å². The van der Waals surface area contributed by atoms with Gasteiger partial charge in [0.1, 0.15) is 5.75 Å². The molecular formula is C12H14N2OS. The molecule has 0 aliphatic heterocycles. The molecule has 1 aromatic heterocycles. The van der Waals surface area contributed by atoms with E-state index in [1.807, 2.05) is 13.1 Å². The monoisotopic (exact) mass is 234 g/mol. The maximum Gasteiger partial charge on any atom is 0.190 e. The third kappa shape index (κ3) is 2.02. The van der Waals surface area contributed by atoms with Gasteiger partial charge >= 0.3 is 0 Å². The van der Waals surface area contributed by atoms with Gasteiger partial charge in [-0.3, -0.25) is 0 Å². The summed E-state index contributed by atoms with van der Waals surface area (Å²) in [6, 6.07) is 6.97. The van der Waals surface area contributed by atoms with Gasteiger partial charge in [-0.05, 0) is 26.0 Å². The largest absolute Gasteiger partial charge is 0.508 e.